The second kappa shape index (κ2) is 7.98. The summed E-state index contributed by atoms with van der Waals surface area (Å²) in [5, 5.41) is 10.5. The number of aryl methyl sites for hydroxylation is 2. The number of benzene rings is 1. The van der Waals surface area contributed by atoms with E-state index in [0.717, 1.165) is 35.2 Å². The van der Waals surface area contributed by atoms with Crippen molar-refractivity contribution >= 4 is 33.3 Å². The summed E-state index contributed by atoms with van der Waals surface area (Å²) in [4.78, 5) is 20.6. The first-order valence-corrected chi connectivity index (χ1v) is 11.2. The van der Waals surface area contributed by atoms with E-state index in [1.165, 1.54) is 28.6 Å². The Morgan fingerprint density at radius 1 is 1.39 bits per heavy atom. The normalized spacial score (nSPS) is 14.5. The van der Waals surface area contributed by atoms with Crippen LogP contribution in [0.2, 0.25) is 0 Å². The smallest absolute Gasteiger partial charge is 0.267 e. The molecule has 1 aromatic carbocycles. The molecular formula is C21H21N3O2S2. The molecule has 0 radical (unpaired) electrons. The summed E-state index contributed by atoms with van der Waals surface area (Å²) >= 11 is 3.11. The first kappa shape index (κ1) is 19.0. The summed E-state index contributed by atoms with van der Waals surface area (Å²) in [5.41, 5.74) is 1.90. The largest absolute Gasteiger partial charge is 0.497 e. The molecule has 4 rings (SSSR count). The van der Waals surface area contributed by atoms with Crippen molar-refractivity contribution in [2.45, 2.75) is 37.8 Å². The molecule has 0 saturated heterocycles. The molecular weight excluding hydrogens is 390 g/mol. The number of thiophene rings is 1. The van der Waals surface area contributed by atoms with Crippen molar-refractivity contribution < 1.29 is 4.74 Å². The van der Waals surface area contributed by atoms with Crippen LogP contribution in [0.4, 0.5) is 0 Å². The molecule has 0 bridgehead atoms. The number of methoxy groups -OCH3 is 1. The third-order valence-electron chi connectivity index (χ3n) is 4.95. The van der Waals surface area contributed by atoms with E-state index in [4.69, 9.17) is 15.0 Å². The predicted molar refractivity (Wildman–Crippen MR) is 114 cm³/mol. The van der Waals surface area contributed by atoms with Crippen molar-refractivity contribution in [2.75, 3.05) is 12.9 Å². The molecule has 2 aromatic heterocycles. The van der Waals surface area contributed by atoms with Crippen LogP contribution in [0.15, 0.2) is 34.2 Å². The standard InChI is InChI=1S/C21H21N3O2S2/c1-13(11-22)12-27-21-23-19-18(16-8-3-4-9-17(16)28-19)20(25)24(21)14-6-5-7-15(10-14)26-2/h5-7,10,13H,3-4,8-9,12H2,1-2H3/t13-/m0/s1. The van der Waals surface area contributed by atoms with Crippen molar-refractivity contribution in [3.8, 4) is 17.5 Å². The molecule has 7 heteroatoms. The average molecular weight is 412 g/mol. The Kier molecular flexibility index (Phi) is 5.42. The number of ether oxygens (including phenoxy) is 1. The van der Waals surface area contributed by atoms with Gasteiger partial charge in [-0.25, -0.2) is 4.98 Å². The van der Waals surface area contributed by atoms with E-state index in [9.17, 15) is 4.79 Å². The molecule has 2 heterocycles. The Hall–Kier alpha value is -2.30. The zero-order valence-electron chi connectivity index (χ0n) is 15.9. The summed E-state index contributed by atoms with van der Waals surface area (Å²) in [6.45, 7) is 1.88. The van der Waals surface area contributed by atoms with Gasteiger partial charge in [0.1, 0.15) is 10.6 Å². The van der Waals surface area contributed by atoms with E-state index in [1.54, 1.807) is 23.0 Å². The van der Waals surface area contributed by atoms with E-state index < -0.39 is 0 Å². The molecule has 0 N–H and O–H groups in total. The SMILES string of the molecule is COc1cccc(-n2c(SC[C@@H](C)C#N)nc3sc4c(c3c2=O)CCCC4)c1. The maximum absolute atomic E-state index is 13.6. The highest BCUT2D eigenvalue weighted by Crippen LogP contribution is 2.35. The van der Waals surface area contributed by atoms with E-state index in [-0.39, 0.29) is 11.5 Å². The van der Waals surface area contributed by atoms with Crippen LogP contribution >= 0.6 is 23.1 Å². The second-order valence-electron chi connectivity index (χ2n) is 6.97. The van der Waals surface area contributed by atoms with Gasteiger partial charge >= 0.3 is 0 Å². The molecule has 28 heavy (non-hydrogen) atoms. The first-order valence-electron chi connectivity index (χ1n) is 9.36. The minimum absolute atomic E-state index is 0.0234. The number of rotatable bonds is 5. The van der Waals surface area contributed by atoms with Crippen LogP contribution in [0.5, 0.6) is 5.75 Å². The highest BCUT2D eigenvalue weighted by molar-refractivity contribution is 7.99. The van der Waals surface area contributed by atoms with E-state index in [1.807, 2.05) is 31.2 Å². The maximum atomic E-state index is 13.6. The fourth-order valence-corrected chi connectivity index (χ4v) is 5.75. The summed E-state index contributed by atoms with van der Waals surface area (Å²) in [6.07, 6.45) is 4.27. The van der Waals surface area contributed by atoms with Crippen molar-refractivity contribution in [2.24, 2.45) is 5.92 Å². The maximum Gasteiger partial charge on any atom is 0.267 e. The lowest BCUT2D eigenvalue weighted by Gasteiger charge is -2.14. The fraction of sp³-hybridized carbons (Fsp3) is 0.381. The monoisotopic (exact) mass is 411 g/mol. The zero-order chi connectivity index (χ0) is 19.7. The van der Waals surface area contributed by atoms with Crippen LogP contribution in [-0.2, 0) is 12.8 Å². The second-order valence-corrected chi connectivity index (χ2v) is 9.04. The van der Waals surface area contributed by atoms with Gasteiger partial charge in [0, 0.05) is 16.7 Å². The van der Waals surface area contributed by atoms with E-state index >= 15 is 0 Å². The van der Waals surface area contributed by atoms with Gasteiger partial charge in [0.15, 0.2) is 5.16 Å². The summed E-state index contributed by atoms with van der Waals surface area (Å²) in [5.74, 6) is 1.16. The number of aromatic nitrogens is 2. The number of nitriles is 1. The highest BCUT2D eigenvalue weighted by atomic mass is 32.2. The minimum atomic E-state index is -0.118. The molecule has 144 valence electrons. The average Bonchev–Trinajstić information content (AvgIpc) is 3.10. The van der Waals surface area contributed by atoms with Crippen LogP contribution in [0.3, 0.4) is 0 Å². The quantitative estimate of drug-likeness (QED) is 0.454. The first-order chi connectivity index (χ1) is 13.6. The molecule has 1 aliphatic carbocycles. The molecule has 1 aliphatic rings. The number of thioether (sulfide) groups is 1. The van der Waals surface area contributed by atoms with Gasteiger partial charge in [-0.3, -0.25) is 9.36 Å². The van der Waals surface area contributed by atoms with Crippen LogP contribution in [0.1, 0.15) is 30.2 Å². The van der Waals surface area contributed by atoms with Crippen molar-refractivity contribution in [3.63, 3.8) is 0 Å². The van der Waals surface area contributed by atoms with Crippen molar-refractivity contribution in [1.29, 1.82) is 5.26 Å². The summed E-state index contributed by atoms with van der Waals surface area (Å²) in [7, 11) is 1.61. The lowest BCUT2D eigenvalue weighted by atomic mass is 9.97. The molecule has 0 unspecified atom stereocenters. The number of fused-ring (bicyclic) bond motifs is 3. The fourth-order valence-electron chi connectivity index (χ4n) is 3.50. The Morgan fingerprint density at radius 3 is 3.00 bits per heavy atom. The third kappa shape index (κ3) is 3.43. The number of hydrogen-bond donors (Lipinski definition) is 0. The molecule has 1 atom stereocenters. The molecule has 0 amide bonds. The predicted octanol–water partition coefficient (Wildman–Crippen LogP) is 4.59. The van der Waals surface area contributed by atoms with E-state index in [2.05, 4.69) is 6.07 Å². The third-order valence-corrected chi connectivity index (χ3v) is 7.34. The Labute approximate surface area is 172 Å². The Morgan fingerprint density at radius 2 is 2.21 bits per heavy atom. The van der Waals surface area contributed by atoms with Gasteiger partial charge < -0.3 is 4.74 Å². The lowest BCUT2D eigenvalue weighted by molar-refractivity contribution is 0.414. The lowest BCUT2D eigenvalue weighted by Crippen LogP contribution is -2.22. The molecule has 0 fully saturated rings. The van der Waals surface area contributed by atoms with Gasteiger partial charge in [-0.1, -0.05) is 17.8 Å². The van der Waals surface area contributed by atoms with Gasteiger partial charge in [0.05, 0.1) is 30.2 Å². The Balaban J connectivity index is 1.94. The zero-order valence-corrected chi connectivity index (χ0v) is 17.5. The van der Waals surface area contributed by atoms with Gasteiger partial charge in [-0.05, 0) is 50.3 Å². The van der Waals surface area contributed by atoms with Gasteiger partial charge in [0.25, 0.3) is 5.56 Å². The molecule has 0 aliphatic heterocycles. The van der Waals surface area contributed by atoms with Crippen molar-refractivity contribution in [3.05, 3.63) is 45.1 Å². The van der Waals surface area contributed by atoms with Crippen LogP contribution in [0.25, 0.3) is 15.9 Å². The highest BCUT2D eigenvalue weighted by Gasteiger charge is 2.23. The van der Waals surface area contributed by atoms with Crippen LogP contribution in [0, 0.1) is 17.2 Å². The number of hydrogen-bond acceptors (Lipinski definition) is 6. The van der Waals surface area contributed by atoms with Gasteiger partial charge in [0.2, 0.25) is 0 Å². The Bertz CT molecular complexity index is 1130. The minimum Gasteiger partial charge on any atom is -0.497 e. The number of nitrogens with zero attached hydrogens (tertiary/aromatic N) is 3. The van der Waals surface area contributed by atoms with E-state index in [0.29, 0.717) is 16.7 Å². The molecule has 5 nitrogen and oxygen atoms in total. The topological polar surface area (TPSA) is 67.9 Å². The van der Waals surface area contributed by atoms with Gasteiger partial charge in [-0.15, -0.1) is 11.3 Å². The van der Waals surface area contributed by atoms with Gasteiger partial charge in [-0.2, -0.15) is 5.26 Å². The van der Waals surface area contributed by atoms with Crippen LogP contribution < -0.4 is 10.3 Å². The summed E-state index contributed by atoms with van der Waals surface area (Å²) in [6, 6.07) is 9.73. The summed E-state index contributed by atoms with van der Waals surface area (Å²) < 4.78 is 7.03. The molecule has 0 spiro atoms. The molecule has 3 aromatic rings. The molecule has 0 saturated carbocycles. The van der Waals surface area contributed by atoms with Crippen molar-refractivity contribution in [1.82, 2.24) is 9.55 Å². The van der Waals surface area contributed by atoms with Crippen LogP contribution in [-0.4, -0.2) is 22.4 Å².